The van der Waals surface area contributed by atoms with Crippen LogP contribution in [0.2, 0.25) is 0 Å². The molecule has 1 rings (SSSR count). The molecule has 2 unspecified atom stereocenters. The summed E-state index contributed by atoms with van der Waals surface area (Å²) in [5, 5.41) is 26.6. The highest BCUT2D eigenvalue weighted by molar-refractivity contribution is 5.25. The lowest BCUT2D eigenvalue weighted by Crippen LogP contribution is -2.29. The lowest BCUT2D eigenvalue weighted by atomic mass is 10.00. The van der Waals surface area contributed by atoms with Gasteiger partial charge in [0.15, 0.2) is 6.29 Å². The SMILES string of the molecule is CCOC(CC1=CCC(OO)C=C1)C(O)O. The normalized spacial score (nSPS) is 22.3. The van der Waals surface area contributed by atoms with Gasteiger partial charge in [0.2, 0.25) is 0 Å². The predicted octanol–water partition coefficient (Wildman–Crippen LogP) is 0.837. The largest absolute Gasteiger partial charge is 0.373 e. The first-order valence-corrected chi connectivity index (χ1v) is 5.32. The zero-order chi connectivity index (χ0) is 12.0. The van der Waals surface area contributed by atoms with Crippen LogP contribution in [0.1, 0.15) is 19.8 Å². The maximum absolute atomic E-state index is 9.09. The van der Waals surface area contributed by atoms with Crippen molar-refractivity contribution in [1.82, 2.24) is 0 Å². The summed E-state index contributed by atoms with van der Waals surface area (Å²) in [6.45, 7) is 2.23. The minimum atomic E-state index is -1.49. The van der Waals surface area contributed by atoms with Gasteiger partial charge < -0.3 is 14.9 Å². The third-order valence-electron chi connectivity index (χ3n) is 2.42. The van der Waals surface area contributed by atoms with Crippen molar-refractivity contribution in [1.29, 1.82) is 0 Å². The Morgan fingerprint density at radius 1 is 1.50 bits per heavy atom. The Kier molecular flexibility index (Phi) is 5.65. The molecule has 92 valence electrons. The van der Waals surface area contributed by atoms with E-state index in [1.54, 1.807) is 19.1 Å². The minimum absolute atomic E-state index is 0.312. The van der Waals surface area contributed by atoms with Crippen molar-refractivity contribution in [2.45, 2.75) is 38.3 Å². The van der Waals surface area contributed by atoms with E-state index in [1.165, 1.54) is 0 Å². The molecule has 0 amide bonds. The summed E-state index contributed by atoms with van der Waals surface area (Å²) in [6.07, 6.45) is 3.99. The first-order valence-electron chi connectivity index (χ1n) is 5.32. The van der Waals surface area contributed by atoms with Crippen LogP contribution in [0, 0.1) is 0 Å². The second kappa shape index (κ2) is 6.78. The first-order chi connectivity index (χ1) is 7.67. The van der Waals surface area contributed by atoms with Crippen molar-refractivity contribution in [2.24, 2.45) is 0 Å². The molecular formula is C11H18O5. The maximum Gasteiger partial charge on any atom is 0.178 e. The van der Waals surface area contributed by atoms with Crippen LogP contribution in [0.4, 0.5) is 0 Å². The van der Waals surface area contributed by atoms with Crippen LogP contribution < -0.4 is 0 Å². The molecule has 0 saturated heterocycles. The molecule has 0 saturated carbocycles. The highest BCUT2D eigenvalue weighted by Crippen LogP contribution is 2.19. The van der Waals surface area contributed by atoms with E-state index in [-0.39, 0.29) is 6.10 Å². The summed E-state index contributed by atoms with van der Waals surface area (Å²) >= 11 is 0. The zero-order valence-electron chi connectivity index (χ0n) is 9.24. The highest BCUT2D eigenvalue weighted by atomic mass is 17.1. The van der Waals surface area contributed by atoms with Crippen molar-refractivity contribution in [3.63, 3.8) is 0 Å². The molecule has 0 bridgehead atoms. The molecule has 5 heteroatoms. The number of hydrogen-bond acceptors (Lipinski definition) is 5. The molecule has 1 aliphatic carbocycles. The molecule has 0 aromatic carbocycles. The molecule has 0 aliphatic heterocycles. The Morgan fingerprint density at radius 2 is 2.25 bits per heavy atom. The molecule has 0 aromatic rings. The predicted molar refractivity (Wildman–Crippen MR) is 57.6 cm³/mol. The molecule has 0 aromatic heterocycles. The summed E-state index contributed by atoms with van der Waals surface area (Å²) in [6, 6.07) is 0. The van der Waals surface area contributed by atoms with Crippen LogP contribution in [0.5, 0.6) is 0 Å². The van der Waals surface area contributed by atoms with Crippen LogP contribution in [0.3, 0.4) is 0 Å². The van der Waals surface area contributed by atoms with Crippen LogP contribution in [-0.4, -0.2) is 40.6 Å². The molecule has 3 N–H and O–H groups in total. The van der Waals surface area contributed by atoms with E-state index in [2.05, 4.69) is 4.89 Å². The Hall–Kier alpha value is -0.720. The zero-order valence-corrected chi connectivity index (χ0v) is 9.24. The van der Waals surface area contributed by atoms with Crippen LogP contribution >= 0.6 is 0 Å². The molecule has 1 aliphatic rings. The number of ether oxygens (including phenoxy) is 1. The Bertz CT molecular complexity index is 259. The van der Waals surface area contributed by atoms with Gasteiger partial charge in [0.05, 0.1) is 0 Å². The topological polar surface area (TPSA) is 79.2 Å². The number of rotatable bonds is 6. The summed E-state index contributed by atoms with van der Waals surface area (Å²) in [4.78, 5) is 4.18. The van der Waals surface area contributed by atoms with Gasteiger partial charge in [-0.05, 0) is 18.9 Å². The van der Waals surface area contributed by atoms with E-state index in [9.17, 15) is 0 Å². The van der Waals surface area contributed by atoms with Gasteiger partial charge in [-0.1, -0.05) is 18.2 Å². The Balaban J connectivity index is 2.47. The first kappa shape index (κ1) is 13.3. The van der Waals surface area contributed by atoms with E-state index >= 15 is 0 Å². The fourth-order valence-corrected chi connectivity index (χ4v) is 1.57. The fraction of sp³-hybridized carbons (Fsp3) is 0.636. The van der Waals surface area contributed by atoms with Crippen LogP contribution in [-0.2, 0) is 9.62 Å². The number of allylic oxidation sites excluding steroid dienone is 1. The van der Waals surface area contributed by atoms with Gasteiger partial charge in [0.1, 0.15) is 12.2 Å². The molecule has 16 heavy (non-hydrogen) atoms. The van der Waals surface area contributed by atoms with Crippen molar-refractivity contribution >= 4 is 0 Å². The Labute approximate surface area is 94.5 Å². The molecular weight excluding hydrogens is 212 g/mol. The fourth-order valence-electron chi connectivity index (χ4n) is 1.57. The third-order valence-corrected chi connectivity index (χ3v) is 2.42. The van der Waals surface area contributed by atoms with E-state index in [4.69, 9.17) is 20.2 Å². The summed E-state index contributed by atoms with van der Waals surface area (Å²) in [5.74, 6) is 0. The minimum Gasteiger partial charge on any atom is -0.373 e. The second-order valence-electron chi connectivity index (χ2n) is 3.63. The third kappa shape index (κ3) is 4.03. The highest BCUT2D eigenvalue weighted by Gasteiger charge is 2.19. The molecule has 5 nitrogen and oxygen atoms in total. The summed E-state index contributed by atoms with van der Waals surface area (Å²) < 4.78 is 5.20. The van der Waals surface area contributed by atoms with Gasteiger partial charge in [-0.15, -0.1) is 0 Å². The van der Waals surface area contributed by atoms with Gasteiger partial charge >= 0.3 is 0 Å². The Morgan fingerprint density at radius 3 is 2.69 bits per heavy atom. The van der Waals surface area contributed by atoms with E-state index in [0.29, 0.717) is 19.4 Å². The van der Waals surface area contributed by atoms with Gasteiger partial charge in [0.25, 0.3) is 0 Å². The molecule has 0 fully saturated rings. The van der Waals surface area contributed by atoms with E-state index < -0.39 is 12.4 Å². The van der Waals surface area contributed by atoms with Crippen molar-refractivity contribution in [3.05, 3.63) is 23.8 Å². The summed E-state index contributed by atoms with van der Waals surface area (Å²) in [5.41, 5.74) is 0.944. The van der Waals surface area contributed by atoms with Gasteiger partial charge in [0, 0.05) is 13.0 Å². The average Bonchev–Trinajstić information content (AvgIpc) is 2.29. The average molecular weight is 230 g/mol. The van der Waals surface area contributed by atoms with Crippen molar-refractivity contribution in [2.75, 3.05) is 6.61 Å². The van der Waals surface area contributed by atoms with Crippen LogP contribution in [0.25, 0.3) is 0 Å². The maximum atomic E-state index is 9.09. The van der Waals surface area contributed by atoms with Crippen molar-refractivity contribution < 1.29 is 25.1 Å². The quantitative estimate of drug-likeness (QED) is 0.358. The molecule has 2 atom stereocenters. The molecule has 0 spiro atoms. The van der Waals surface area contributed by atoms with Gasteiger partial charge in [-0.3, -0.25) is 5.26 Å². The number of hydrogen-bond donors (Lipinski definition) is 3. The lowest BCUT2D eigenvalue weighted by Gasteiger charge is -2.21. The van der Waals surface area contributed by atoms with Crippen LogP contribution in [0.15, 0.2) is 23.8 Å². The smallest absolute Gasteiger partial charge is 0.178 e. The number of aliphatic hydroxyl groups excluding tert-OH is 1. The standard InChI is InChI=1S/C11H18O5/c1-2-15-10(11(12)13)7-8-3-5-9(16-14)6-4-8/h3-5,9-14H,2,6-7H2,1H3. The van der Waals surface area contributed by atoms with E-state index in [0.717, 1.165) is 5.57 Å². The number of aliphatic hydroxyl groups is 2. The second-order valence-corrected chi connectivity index (χ2v) is 3.63. The van der Waals surface area contributed by atoms with E-state index in [1.807, 2.05) is 6.08 Å². The summed E-state index contributed by atoms with van der Waals surface area (Å²) in [7, 11) is 0. The van der Waals surface area contributed by atoms with Gasteiger partial charge in [-0.25, -0.2) is 4.89 Å². The van der Waals surface area contributed by atoms with Crippen molar-refractivity contribution in [3.8, 4) is 0 Å². The molecule has 0 heterocycles. The molecule has 0 radical (unpaired) electrons. The monoisotopic (exact) mass is 230 g/mol. The lowest BCUT2D eigenvalue weighted by molar-refractivity contribution is -0.265. The van der Waals surface area contributed by atoms with Gasteiger partial charge in [-0.2, -0.15) is 0 Å².